The fraction of sp³-hybridized carbons (Fsp3) is 0. The Balaban J connectivity index is 2.38. The molecule has 5 heteroatoms. The maximum atomic E-state index is 10.1. The smallest absolute Gasteiger partial charge is 0.300 e. The van der Waals surface area contributed by atoms with Gasteiger partial charge in [0.25, 0.3) is 11.7 Å². The van der Waals surface area contributed by atoms with Gasteiger partial charge in [0.15, 0.2) is 0 Å². The van der Waals surface area contributed by atoms with Crippen molar-refractivity contribution in [1.29, 1.82) is 0 Å². The number of benzene rings is 1. The van der Waals surface area contributed by atoms with Crippen molar-refractivity contribution in [2.45, 2.75) is 4.90 Å². The number of aliphatic imine (C=N–C) groups is 1. The van der Waals surface area contributed by atoms with Crippen molar-refractivity contribution in [3.63, 3.8) is 0 Å². The first-order valence-corrected chi connectivity index (χ1v) is 6.09. The number of nitrogens with zero attached hydrogens (tertiary/aromatic N) is 1. The molecule has 1 aliphatic rings. The van der Waals surface area contributed by atoms with Crippen molar-refractivity contribution in [3.05, 3.63) is 24.3 Å². The Hall–Kier alpha value is -0.940. The van der Waals surface area contributed by atoms with Crippen LogP contribution in [0.25, 0.3) is 0 Å². The third kappa shape index (κ3) is 1.45. The van der Waals surface area contributed by atoms with E-state index in [4.69, 9.17) is 4.74 Å². The monoisotopic (exact) mass is 213 g/mol. The average molecular weight is 213 g/mol. The largest absolute Gasteiger partial charge is 0.404 e. The Morgan fingerprint density at radius 3 is 2.92 bits per heavy atom. The fourth-order valence-corrected chi connectivity index (χ4v) is 3.01. The molecular weight excluding hydrogens is 206 g/mol. The van der Waals surface area contributed by atoms with E-state index in [-0.39, 0.29) is 0 Å². The molecule has 0 saturated heterocycles. The average Bonchev–Trinajstić information content (AvgIpc) is 2.46. The zero-order valence-electron chi connectivity index (χ0n) is 6.54. The lowest BCUT2D eigenvalue weighted by molar-refractivity contribution is -0.121. The molecule has 0 aromatic heterocycles. The first kappa shape index (κ1) is 8.65. The van der Waals surface area contributed by atoms with Crippen molar-refractivity contribution in [2.75, 3.05) is 0 Å². The van der Waals surface area contributed by atoms with Gasteiger partial charge in [0, 0.05) is 4.90 Å². The van der Waals surface area contributed by atoms with Crippen LogP contribution in [0.5, 0.6) is 0 Å². The molecule has 13 heavy (non-hydrogen) atoms. The van der Waals surface area contributed by atoms with Crippen LogP contribution in [0.3, 0.4) is 0 Å². The van der Waals surface area contributed by atoms with Crippen LogP contribution in [-0.4, -0.2) is 11.7 Å². The van der Waals surface area contributed by atoms with Gasteiger partial charge in [0.1, 0.15) is 0 Å². The first-order chi connectivity index (χ1) is 6.33. The SMILES string of the molecule is O=COC1=Nc2ccccc2[SH]1S. The summed E-state index contributed by atoms with van der Waals surface area (Å²) in [4.78, 5) is 15.3. The molecule has 0 saturated carbocycles. The molecule has 1 unspecified atom stereocenters. The van der Waals surface area contributed by atoms with E-state index in [0.717, 1.165) is 10.6 Å². The van der Waals surface area contributed by atoms with Crippen LogP contribution in [0.2, 0.25) is 0 Å². The predicted octanol–water partition coefficient (Wildman–Crippen LogP) is 2.07. The summed E-state index contributed by atoms with van der Waals surface area (Å²) in [5, 5.41) is 0.412. The second kappa shape index (κ2) is 3.43. The summed E-state index contributed by atoms with van der Waals surface area (Å²) in [5.41, 5.74) is 0.848. The fourth-order valence-electron chi connectivity index (χ4n) is 1.11. The van der Waals surface area contributed by atoms with Gasteiger partial charge < -0.3 is 4.74 Å². The number of hydrogen-bond donors (Lipinski definition) is 2. The van der Waals surface area contributed by atoms with Gasteiger partial charge in [-0.15, -0.1) is 21.6 Å². The van der Waals surface area contributed by atoms with E-state index in [1.165, 1.54) is 0 Å². The van der Waals surface area contributed by atoms with Crippen molar-refractivity contribution in [3.8, 4) is 0 Å². The van der Waals surface area contributed by atoms with Gasteiger partial charge in [0.2, 0.25) is 0 Å². The number of para-hydroxylation sites is 1. The van der Waals surface area contributed by atoms with Gasteiger partial charge in [-0.05, 0) is 12.1 Å². The first-order valence-electron chi connectivity index (χ1n) is 3.60. The van der Waals surface area contributed by atoms with Gasteiger partial charge >= 0.3 is 0 Å². The second-order valence-electron chi connectivity index (χ2n) is 2.41. The lowest BCUT2D eigenvalue weighted by Crippen LogP contribution is -1.96. The lowest BCUT2D eigenvalue weighted by Gasteiger charge is -2.08. The van der Waals surface area contributed by atoms with E-state index in [0.29, 0.717) is 11.7 Å². The van der Waals surface area contributed by atoms with Crippen LogP contribution in [0.1, 0.15) is 0 Å². The second-order valence-corrected chi connectivity index (χ2v) is 5.10. The summed E-state index contributed by atoms with van der Waals surface area (Å²) in [6.07, 6.45) is 0. The Kier molecular flexibility index (Phi) is 2.28. The molecule has 0 radical (unpaired) electrons. The van der Waals surface area contributed by atoms with Crippen LogP contribution in [0.4, 0.5) is 5.69 Å². The van der Waals surface area contributed by atoms with Gasteiger partial charge in [0.05, 0.1) is 5.69 Å². The molecule has 0 aliphatic carbocycles. The number of hydrogen-bond acceptors (Lipinski definition) is 4. The molecule has 2 rings (SSSR count). The molecule has 68 valence electrons. The number of carbonyl (C=O) groups excluding carboxylic acids is 1. The molecule has 0 amide bonds. The van der Waals surface area contributed by atoms with Crippen LogP contribution in [-0.2, 0) is 9.53 Å². The molecule has 0 fully saturated rings. The van der Waals surface area contributed by atoms with E-state index in [2.05, 4.69) is 16.7 Å². The minimum atomic E-state index is -0.859. The van der Waals surface area contributed by atoms with Crippen molar-refractivity contribution >= 4 is 39.0 Å². The highest BCUT2D eigenvalue weighted by Crippen LogP contribution is 2.52. The Morgan fingerprint density at radius 2 is 2.23 bits per heavy atom. The zero-order chi connectivity index (χ0) is 9.26. The summed E-state index contributed by atoms with van der Waals surface area (Å²) in [6, 6.07) is 7.63. The highest BCUT2D eigenvalue weighted by Gasteiger charge is 2.21. The third-order valence-corrected chi connectivity index (χ3v) is 4.22. The van der Waals surface area contributed by atoms with E-state index in [1.807, 2.05) is 24.3 Å². The summed E-state index contributed by atoms with van der Waals surface area (Å²) < 4.78 is 4.72. The molecule has 0 N–H and O–H groups in total. The summed E-state index contributed by atoms with van der Waals surface area (Å²) in [5.74, 6) is 0. The summed E-state index contributed by atoms with van der Waals surface area (Å²) in [7, 11) is -0.859. The molecule has 0 spiro atoms. The molecule has 1 aromatic carbocycles. The number of fused-ring (bicyclic) bond motifs is 1. The molecular formula is C8H7NO2S2. The van der Waals surface area contributed by atoms with Crippen molar-refractivity contribution in [1.82, 2.24) is 0 Å². The van der Waals surface area contributed by atoms with Crippen molar-refractivity contribution in [2.24, 2.45) is 4.99 Å². The minimum Gasteiger partial charge on any atom is -0.404 e. The molecule has 3 nitrogen and oxygen atoms in total. The Bertz CT molecular complexity index is 378. The molecule has 1 heterocycles. The zero-order valence-corrected chi connectivity index (χ0v) is 8.33. The predicted molar refractivity (Wildman–Crippen MR) is 56.9 cm³/mol. The number of carbonyl (C=O) groups is 1. The number of thiol groups is 2. The van der Waals surface area contributed by atoms with Crippen LogP contribution in [0, 0.1) is 0 Å². The van der Waals surface area contributed by atoms with Gasteiger partial charge in [-0.25, -0.2) is 4.99 Å². The molecule has 1 atom stereocenters. The summed E-state index contributed by atoms with van der Waals surface area (Å²) in [6.45, 7) is 0.385. The van der Waals surface area contributed by atoms with Crippen LogP contribution >= 0.6 is 21.6 Å². The van der Waals surface area contributed by atoms with E-state index >= 15 is 0 Å². The number of ether oxygens (including phenoxy) is 1. The highest BCUT2D eigenvalue weighted by atomic mass is 33.1. The summed E-state index contributed by atoms with van der Waals surface area (Å²) >= 11 is 4.35. The molecule has 1 aliphatic heterocycles. The van der Waals surface area contributed by atoms with Gasteiger partial charge in [-0.1, -0.05) is 12.1 Å². The van der Waals surface area contributed by atoms with E-state index in [9.17, 15) is 4.79 Å². The lowest BCUT2D eigenvalue weighted by atomic mass is 10.3. The standard InChI is InChI=1S/C8H7NO2S2/c10-5-11-8-9-6-3-1-2-4-7(6)13(8)12/h1-5,12-13H. The normalized spacial score (nSPS) is 21.9. The van der Waals surface area contributed by atoms with Crippen LogP contribution in [0.15, 0.2) is 34.2 Å². The van der Waals surface area contributed by atoms with Crippen molar-refractivity contribution < 1.29 is 9.53 Å². The maximum Gasteiger partial charge on any atom is 0.300 e. The van der Waals surface area contributed by atoms with Crippen LogP contribution < -0.4 is 0 Å². The van der Waals surface area contributed by atoms with E-state index in [1.54, 1.807) is 0 Å². The Labute approximate surface area is 83.0 Å². The highest BCUT2D eigenvalue weighted by molar-refractivity contribution is 8.84. The van der Waals surface area contributed by atoms with Gasteiger partial charge in [-0.2, -0.15) is 0 Å². The maximum absolute atomic E-state index is 10.1. The molecule has 1 aromatic rings. The quantitative estimate of drug-likeness (QED) is 0.426. The Morgan fingerprint density at radius 1 is 1.46 bits per heavy atom. The van der Waals surface area contributed by atoms with E-state index < -0.39 is 9.93 Å². The van der Waals surface area contributed by atoms with Gasteiger partial charge in [-0.3, -0.25) is 4.79 Å². The third-order valence-electron chi connectivity index (χ3n) is 1.66. The molecule has 0 bridgehead atoms. The topological polar surface area (TPSA) is 38.7 Å². The number of rotatable bonds is 1. The minimum absolute atomic E-state index is 0.385.